The lowest BCUT2D eigenvalue weighted by Gasteiger charge is -2.27. The van der Waals surface area contributed by atoms with Crippen LogP contribution in [-0.2, 0) is 0 Å². The summed E-state index contributed by atoms with van der Waals surface area (Å²) >= 11 is 0. The van der Waals surface area contributed by atoms with Gasteiger partial charge in [-0.25, -0.2) is 0 Å². The number of unbranched alkanes of at least 4 members (excludes halogenated alkanes) is 10. The fourth-order valence-corrected chi connectivity index (χ4v) is 3.32. The highest BCUT2D eigenvalue weighted by Gasteiger charge is 2.05. The summed E-state index contributed by atoms with van der Waals surface area (Å²) < 4.78 is 0. The smallest absolute Gasteiger partial charge is 0.0763 e. The predicted molar refractivity (Wildman–Crippen MR) is 106 cm³/mol. The topological polar surface area (TPSA) is 102 Å². The Labute approximate surface area is 160 Å². The van der Waals surface area contributed by atoms with Gasteiger partial charge in [-0.15, -0.1) is 0 Å². The summed E-state index contributed by atoms with van der Waals surface area (Å²) in [5.41, 5.74) is 0. The van der Waals surface area contributed by atoms with Gasteiger partial charge in [0, 0.05) is 14.5 Å². The molecule has 0 aliphatic rings. The zero-order valence-electron chi connectivity index (χ0n) is 16.5. The summed E-state index contributed by atoms with van der Waals surface area (Å²) in [7, 11) is -4.15. The molecule has 6 heteroatoms. The maximum absolute atomic E-state index is 11.6. The van der Waals surface area contributed by atoms with E-state index in [1.807, 2.05) is 0 Å². The molecule has 5 nitrogen and oxygen atoms in total. The van der Waals surface area contributed by atoms with Crippen molar-refractivity contribution in [1.29, 1.82) is 0 Å². The van der Waals surface area contributed by atoms with Gasteiger partial charge in [0.05, 0.1) is 6.16 Å². The number of hydrogen-bond donors (Lipinski definition) is 1. The first kappa shape index (κ1) is 25.5. The fraction of sp³-hybridized carbons (Fsp3) is 0.850. The number of hydrogen-bond acceptors (Lipinski definition) is 5. The van der Waals surface area contributed by atoms with Gasteiger partial charge in [-0.3, -0.25) is 4.89 Å². The highest BCUT2D eigenvalue weighted by Crippen LogP contribution is 2.34. The molecule has 0 aromatic carbocycles. The van der Waals surface area contributed by atoms with E-state index >= 15 is 0 Å². The molecule has 0 aliphatic carbocycles. The number of nitrogens with zero attached hydrogens (tertiary/aromatic N) is 1. The Morgan fingerprint density at radius 1 is 0.846 bits per heavy atom. The molecule has 0 aromatic rings. The number of rotatable bonds is 18. The van der Waals surface area contributed by atoms with Gasteiger partial charge in [0.15, 0.2) is 0 Å². The lowest BCUT2D eigenvalue weighted by Crippen LogP contribution is -2.24. The van der Waals surface area contributed by atoms with Crippen molar-refractivity contribution in [2.24, 2.45) is 4.99 Å². The predicted octanol–water partition coefficient (Wildman–Crippen LogP) is 3.26. The molecule has 0 rings (SSSR count). The van der Waals surface area contributed by atoms with E-state index in [0.717, 1.165) is 25.7 Å². The van der Waals surface area contributed by atoms with E-state index in [-0.39, 0.29) is 12.1 Å². The second-order valence-electron chi connectivity index (χ2n) is 6.97. The number of aliphatic imine (C=N–C) groups is 1. The van der Waals surface area contributed by atoms with E-state index < -0.39 is 7.94 Å². The Morgan fingerprint density at radius 2 is 1.42 bits per heavy atom. The maximum atomic E-state index is 11.6. The monoisotopic (exact) mass is 387 g/mol. The summed E-state index contributed by atoms with van der Waals surface area (Å²) in [5.74, 6) is -0.0923. The van der Waals surface area contributed by atoms with Crippen LogP contribution in [0.1, 0.15) is 96.8 Å². The summed E-state index contributed by atoms with van der Waals surface area (Å²) in [4.78, 5) is 33.6. The van der Waals surface area contributed by atoms with Crippen molar-refractivity contribution in [2.45, 2.75) is 96.8 Å². The van der Waals surface area contributed by atoms with Crippen LogP contribution in [0.4, 0.5) is 0 Å². The van der Waals surface area contributed by atoms with Crippen LogP contribution in [0.5, 0.6) is 0 Å². The van der Waals surface area contributed by atoms with E-state index in [1.165, 1.54) is 44.9 Å². The standard InChI is InChI=1S/C20H40NO4P/c1-2-3-4-5-6-7-8-9-10-11-12-13-14-17-20(22)21-18-15-16-19-26(23,24)25/h7-8H,2-6,9-19H2,1H3,(H,21,22)(H2,23,24,25)/p-2/b8-7-. The lowest BCUT2D eigenvalue weighted by atomic mass is 10.1. The SMILES string of the molecule is CCCCCC/C=C\CCCCCCCC([O-])=NCCCC[P+]([O-])([O-])O. The Bertz CT molecular complexity index is 367. The third kappa shape index (κ3) is 21.6. The van der Waals surface area contributed by atoms with Gasteiger partial charge in [-0.1, -0.05) is 57.6 Å². The highest BCUT2D eigenvalue weighted by atomic mass is 31.2. The van der Waals surface area contributed by atoms with Gasteiger partial charge < -0.3 is 19.9 Å². The molecule has 0 bridgehead atoms. The van der Waals surface area contributed by atoms with E-state index in [0.29, 0.717) is 25.8 Å². The van der Waals surface area contributed by atoms with Gasteiger partial charge in [0.2, 0.25) is 0 Å². The Kier molecular flexibility index (Phi) is 17.6. The minimum absolute atomic E-state index is 0.0923. The zero-order chi connectivity index (χ0) is 19.5. The Hall–Kier alpha value is -0.480. The molecule has 154 valence electrons. The van der Waals surface area contributed by atoms with Gasteiger partial charge in [-0.2, -0.15) is 0 Å². The molecule has 0 unspecified atom stereocenters. The molecule has 0 fully saturated rings. The maximum Gasteiger partial charge on any atom is 0.0763 e. The van der Waals surface area contributed by atoms with Crippen molar-refractivity contribution < 1.29 is 19.8 Å². The van der Waals surface area contributed by atoms with Crippen LogP contribution in [0.2, 0.25) is 0 Å². The van der Waals surface area contributed by atoms with Crippen LogP contribution in [-0.4, -0.2) is 23.5 Å². The Balaban J connectivity index is 3.35. The van der Waals surface area contributed by atoms with E-state index in [1.54, 1.807) is 0 Å². The largest absolute Gasteiger partial charge is 0.862 e. The minimum Gasteiger partial charge on any atom is -0.862 e. The summed E-state index contributed by atoms with van der Waals surface area (Å²) in [6.07, 6.45) is 18.9. The minimum atomic E-state index is -4.15. The first-order valence-electron chi connectivity index (χ1n) is 10.3. The molecule has 0 saturated carbocycles. The molecule has 0 atom stereocenters. The lowest BCUT2D eigenvalue weighted by molar-refractivity contribution is -0.331. The molecule has 0 aromatic heterocycles. The second kappa shape index (κ2) is 17.9. The molecule has 0 radical (unpaired) electrons. The normalized spacial score (nSPS) is 13.0. The molecular formula is C20H38NO4P-2. The fourth-order valence-electron chi connectivity index (χ4n) is 2.70. The number of allylic oxidation sites excluding steroid dienone is 2. The average molecular weight is 388 g/mol. The summed E-state index contributed by atoms with van der Waals surface area (Å²) in [6.45, 7) is 2.58. The van der Waals surface area contributed by atoms with Crippen LogP contribution in [0, 0.1) is 0 Å². The van der Waals surface area contributed by atoms with Gasteiger partial charge in [-0.05, 0) is 57.3 Å². The third-order valence-corrected chi connectivity index (χ3v) is 5.17. The first-order chi connectivity index (χ1) is 12.5. The summed E-state index contributed by atoms with van der Waals surface area (Å²) in [5, 5.41) is 11.6. The van der Waals surface area contributed by atoms with Gasteiger partial charge >= 0.3 is 0 Å². The average Bonchev–Trinajstić information content (AvgIpc) is 2.57. The zero-order valence-corrected chi connectivity index (χ0v) is 17.4. The van der Waals surface area contributed by atoms with E-state index in [9.17, 15) is 14.9 Å². The van der Waals surface area contributed by atoms with Crippen molar-refractivity contribution in [2.75, 3.05) is 12.7 Å². The highest BCUT2D eigenvalue weighted by molar-refractivity contribution is 7.55. The van der Waals surface area contributed by atoms with Crippen LogP contribution in [0.15, 0.2) is 17.1 Å². The van der Waals surface area contributed by atoms with E-state index in [2.05, 4.69) is 24.1 Å². The quantitative estimate of drug-likeness (QED) is 0.128. The summed E-state index contributed by atoms with van der Waals surface area (Å²) in [6, 6.07) is 0. The Morgan fingerprint density at radius 3 is 2.04 bits per heavy atom. The van der Waals surface area contributed by atoms with Crippen molar-refractivity contribution in [3.05, 3.63) is 12.2 Å². The molecule has 26 heavy (non-hydrogen) atoms. The molecule has 0 spiro atoms. The van der Waals surface area contributed by atoms with Crippen LogP contribution in [0.25, 0.3) is 0 Å². The van der Waals surface area contributed by atoms with Gasteiger partial charge in [0.1, 0.15) is 0 Å². The van der Waals surface area contributed by atoms with Crippen LogP contribution < -0.4 is 14.9 Å². The molecule has 1 N–H and O–H groups in total. The van der Waals surface area contributed by atoms with Crippen molar-refractivity contribution in [1.82, 2.24) is 0 Å². The first-order valence-corrected chi connectivity index (χ1v) is 12.1. The molecule has 0 heterocycles. The molecule has 0 saturated heterocycles. The van der Waals surface area contributed by atoms with Crippen molar-refractivity contribution in [3.63, 3.8) is 0 Å². The van der Waals surface area contributed by atoms with E-state index in [4.69, 9.17) is 4.89 Å². The van der Waals surface area contributed by atoms with Crippen molar-refractivity contribution >= 4 is 13.8 Å². The molecular weight excluding hydrogens is 349 g/mol. The third-order valence-electron chi connectivity index (χ3n) is 4.29. The van der Waals surface area contributed by atoms with Gasteiger partial charge in [0.25, 0.3) is 0 Å². The van der Waals surface area contributed by atoms with Crippen LogP contribution in [0.3, 0.4) is 0 Å². The molecule has 0 aliphatic heterocycles. The second-order valence-corrected chi connectivity index (χ2v) is 8.69. The van der Waals surface area contributed by atoms with Crippen molar-refractivity contribution in [3.8, 4) is 0 Å². The molecule has 0 amide bonds. The van der Waals surface area contributed by atoms with Crippen LogP contribution >= 0.6 is 7.94 Å².